The fourth-order valence-electron chi connectivity index (χ4n) is 1.62. The minimum atomic E-state index is -4.72. The highest BCUT2D eigenvalue weighted by Gasteiger charge is 2.36. The molecule has 1 heterocycles. The largest absolute Gasteiger partial charge is 0.416 e. The number of alkyl halides is 3. The Morgan fingerprint density at radius 3 is 2.63 bits per heavy atom. The van der Waals surface area contributed by atoms with Crippen LogP contribution in [0.2, 0.25) is 0 Å². The van der Waals surface area contributed by atoms with Crippen LogP contribution in [0.25, 0.3) is 0 Å². The molecule has 0 amide bonds. The number of carbonyl (C=O) groups excluding carboxylic acids is 1. The van der Waals surface area contributed by atoms with Gasteiger partial charge in [-0.2, -0.15) is 13.2 Å². The molecule has 0 saturated carbocycles. The Morgan fingerprint density at radius 2 is 2.11 bits per heavy atom. The van der Waals surface area contributed by atoms with Crippen molar-refractivity contribution < 1.29 is 22.9 Å². The van der Waals surface area contributed by atoms with Gasteiger partial charge in [0.2, 0.25) is 0 Å². The van der Waals surface area contributed by atoms with E-state index in [2.05, 4.69) is 4.99 Å². The number of nitro groups is 1. The van der Waals surface area contributed by atoms with Gasteiger partial charge in [0.1, 0.15) is 12.3 Å². The summed E-state index contributed by atoms with van der Waals surface area (Å²) in [6.45, 7) is 0. The van der Waals surface area contributed by atoms with Crippen LogP contribution >= 0.6 is 11.8 Å². The summed E-state index contributed by atoms with van der Waals surface area (Å²) >= 11 is 0.823. The fraction of sp³-hybridized carbons (Fsp3) is 0.200. The van der Waals surface area contributed by atoms with Crippen molar-refractivity contribution in [3.63, 3.8) is 0 Å². The molecule has 0 saturated heterocycles. The van der Waals surface area contributed by atoms with Crippen LogP contribution in [0, 0.1) is 10.1 Å². The highest BCUT2D eigenvalue weighted by Crippen LogP contribution is 2.43. The molecule has 5 nitrogen and oxygen atoms in total. The highest BCUT2D eigenvalue weighted by molar-refractivity contribution is 8.12. The Balaban J connectivity index is 2.71. The first-order valence-electron chi connectivity index (χ1n) is 4.87. The molecular weight excluding hydrogens is 285 g/mol. The Morgan fingerprint density at radius 1 is 1.42 bits per heavy atom. The van der Waals surface area contributed by atoms with E-state index in [-0.39, 0.29) is 10.5 Å². The number of nitro benzene ring substituents is 1. The van der Waals surface area contributed by atoms with Crippen molar-refractivity contribution in [3.05, 3.63) is 33.4 Å². The van der Waals surface area contributed by atoms with Gasteiger partial charge in [0.15, 0.2) is 0 Å². The molecule has 9 heteroatoms. The lowest BCUT2D eigenvalue weighted by Crippen LogP contribution is -2.11. The van der Waals surface area contributed by atoms with Gasteiger partial charge in [-0.3, -0.25) is 15.1 Å². The number of hydrogen-bond acceptors (Lipinski definition) is 5. The first-order valence-corrected chi connectivity index (χ1v) is 5.75. The van der Waals surface area contributed by atoms with E-state index in [0.29, 0.717) is 12.4 Å². The van der Waals surface area contributed by atoms with Gasteiger partial charge in [0, 0.05) is 11.6 Å². The van der Waals surface area contributed by atoms with Gasteiger partial charge in [-0.25, -0.2) is 0 Å². The zero-order valence-corrected chi connectivity index (χ0v) is 9.86. The minimum absolute atomic E-state index is 0.0186. The lowest BCUT2D eigenvalue weighted by atomic mass is 10.0. The standard InChI is InChI=1S/C10H5F3N2O3S/c11-10(12,13)5-1-6-7(3-16)14-4-19-9(6)8(2-5)15(17)18/h1-4,7H. The summed E-state index contributed by atoms with van der Waals surface area (Å²) < 4.78 is 38.0. The average molecular weight is 290 g/mol. The quantitative estimate of drug-likeness (QED) is 0.477. The Labute approximate surface area is 108 Å². The van der Waals surface area contributed by atoms with E-state index in [1.165, 1.54) is 5.55 Å². The molecule has 1 aromatic rings. The summed E-state index contributed by atoms with van der Waals surface area (Å²) in [6.07, 6.45) is -4.38. The molecule has 1 aromatic carbocycles. The van der Waals surface area contributed by atoms with Crippen LogP contribution in [0.1, 0.15) is 17.2 Å². The van der Waals surface area contributed by atoms with Crippen molar-refractivity contribution in [3.8, 4) is 0 Å². The van der Waals surface area contributed by atoms with Gasteiger partial charge >= 0.3 is 6.18 Å². The Bertz CT molecular complexity index is 586. The van der Waals surface area contributed by atoms with E-state index in [9.17, 15) is 28.1 Å². The zero-order valence-electron chi connectivity index (χ0n) is 9.05. The predicted molar refractivity (Wildman–Crippen MR) is 61.3 cm³/mol. The molecule has 1 aliphatic heterocycles. The summed E-state index contributed by atoms with van der Waals surface area (Å²) in [5.41, 5.74) is -0.721. The van der Waals surface area contributed by atoms with E-state index in [4.69, 9.17) is 0 Å². The topological polar surface area (TPSA) is 72.6 Å². The number of halogens is 3. The van der Waals surface area contributed by atoms with Gasteiger partial charge in [-0.15, -0.1) is 0 Å². The highest BCUT2D eigenvalue weighted by atomic mass is 32.2. The number of rotatable bonds is 2. The summed E-state index contributed by atoms with van der Waals surface area (Å²) in [5.74, 6) is 0. The van der Waals surface area contributed by atoms with Crippen molar-refractivity contribution in [2.75, 3.05) is 0 Å². The minimum Gasteiger partial charge on any atom is -0.301 e. The van der Waals surface area contributed by atoms with Crippen molar-refractivity contribution in [2.24, 2.45) is 4.99 Å². The third-order valence-electron chi connectivity index (χ3n) is 2.46. The zero-order chi connectivity index (χ0) is 14.2. The number of aldehydes is 1. The maximum atomic E-state index is 12.7. The van der Waals surface area contributed by atoms with Gasteiger partial charge in [0.25, 0.3) is 5.69 Å². The van der Waals surface area contributed by atoms with Gasteiger partial charge < -0.3 is 4.79 Å². The first kappa shape index (κ1) is 13.5. The number of thioether (sulfide) groups is 1. The lowest BCUT2D eigenvalue weighted by molar-refractivity contribution is -0.388. The maximum Gasteiger partial charge on any atom is 0.416 e. The molecule has 0 radical (unpaired) electrons. The molecule has 0 spiro atoms. The molecule has 0 fully saturated rings. The van der Waals surface area contributed by atoms with Crippen molar-refractivity contribution >= 4 is 29.3 Å². The maximum absolute atomic E-state index is 12.7. The van der Waals surface area contributed by atoms with Gasteiger partial charge in [-0.1, -0.05) is 11.8 Å². The van der Waals surface area contributed by atoms with Crippen molar-refractivity contribution in [1.82, 2.24) is 0 Å². The number of nitrogens with zero attached hydrogens (tertiary/aromatic N) is 2. The van der Waals surface area contributed by atoms with Gasteiger partial charge in [-0.05, 0) is 6.07 Å². The van der Waals surface area contributed by atoms with Crippen LogP contribution in [-0.4, -0.2) is 16.8 Å². The second-order valence-corrected chi connectivity index (χ2v) is 4.48. The van der Waals surface area contributed by atoms with Gasteiger partial charge in [0.05, 0.1) is 20.9 Å². The van der Waals surface area contributed by atoms with E-state index in [1.54, 1.807) is 0 Å². The summed E-state index contributed by atoms with van der Waals surface area (Å²) in [6, 6.07) is 0.0508. The Kier molecular flexibility index (Phi) is 3.31. The smallest absolute Gasteiger partial charge is 0.301 e. The third kappa shape index (κ3) is 2.46. The van der Waals surface area contributed by atoms with Crippen LogP contribution in [0.5, 0.6) is 0 Å². The number of carbonyl (C=O) groups is 1. The summed E-state index contributed by atoms with van der Waals surface area (Å²) in [5, 5.41) is 10.8. The number of aliphatic imine (C=N–C) groups is 1. The molecule has 1 atom stereocenters. The molecule has 0 N–H and O–H groups in total. The second kappa shape index (κ2) is 4.65. The number of hydrogen-bond donors (Lipinski definition) is 0. The molecule has 0 aromatic heterocycles. The second-order valence-electron chi connectivity index (χ2n) is 3.62. The molecular formula is C10H5F3N2O3S. The van der Waals surface area contributed by atoms with E-state index >= 15 is 0 Å². The Hall–Kier alpha value is -1.90. The molecule has 2 rings (SSSR count). The van der Waals surface area contributed by atoms with E-state index in [1.807, 2.05) is 0 Å². The van der Waals surface area contributed by atoms with Crippen LogP contribution in [0.15, 0.2) is 22.0 Å². The lowest BCUT2D eigenvalue weighted by Gasteiger charge is -2.17. The molecule has 0 bridgehead atoms. The van der Waals surface area contributed by atoms with E-state index in [0.717, 1.165) is 17.8 Å². The van der Waals surface area contributed by atoms with Crippen molar-refractivity contribution in [1.29, 1.82) is 0 Å². The molecule has 1 unspecified atom stereocenters. The fourth-order valence-corrected chi connectivity index (χ4v) is 2.49. The van der Waals surface area contributed by atoms with E-state index < -0.39 is 28.4 Å². The summed E-state index contributed by atoms with van der Waals surface area (Å²) in [7, 11) is 0. The molecule has 0 aliphatic carbocycles. The van der Waals surface area contributed by atoms with Crippen LogP contribution in [0.4, 0.5) is 18.9 Å². The first-order chi connectivity index (χ1) is 8.84. The monoisotopic (exact) mass is 290 g/mol. The normalized spacial score (nSPS) is 17.9. The molecule has 19 heavy (non-hydrogen) atoms. The van der Waals surface area contributed by atoms with Crippen molar-refractivity contribution in [2.45, 2.75) is 17.1 Å². The van der Waals surface area contributed by atoms with Crippen LogP contribution < -0.4 is 0 Å². The number of fused-ring (bicyclic) bond motifs is 1. The predicted octanol–water partition coefficient (Wildman–Crippen LogP) is 2.99. The SMILES string of the molecule is O=CC1N=CSc2c1cc(C(F)(F)F)cc2[N+](=O)[O-]. The third-order valence-corrected chi connectivity index (χ3v) is 3.37. The average Bonchev–Trinajstić information content (AvgIpc) is 2.35. The van der Waals surface area contributed by atoms with Crippen LogP contribution in [0.3, 0.4) is 0 Å². The number of benzene rings is 1. The van der Waals surface area contributed by atoms with Crippen LogP contribution in [-0.2, 0) is 11.0 Å². The molecule has 100 valence electrons. The summed E-state index contributed by atoms with van der Waals surface area (Å²) in [4.78, 5) is 24.4. The molecule has 1 aliphatic rings.